The number of fused-ring (bicyclic) bond motifs is 1. The van der Waals surface area contributed by atoms with Crippen molar-refractivity contribution < 1.29 is 4.79 Å². The van der Waals surface area contributed by atoms with Gasteiger partial charge in [0.05, 0.1) is 11.1 Å². The Morgan fingerprint density at radius 1 is 1.22 bits per heavy atom. The molecule has 1 aromatic carbocycles. The molecule has 0 radical (unpaired) electrons. The summed E-state index contributed by atoms with van der Waals surface area (Å²) in [4.78, 5) is 16.4. The van der Waals surface area contributed by atoms with Gasteiger partial charge in [-0.2, -0.15) is 15.1 Å². The van der Waals surface area contributed by atoms with Crippen LogP contribution in [0.5, 0.6) is 0 Å². The normalized spacial score (nSPS) is 17.7. The first-order valence-electron chi connectivity index (χ1n) is 8.25. The maximum atomic E-state index is 12.4. The maximum absolute atomic E-state index is 12.4. The van der Waals surface area contributed by atoms with Crippen molar-refractivity contribution in [3.05, 3.63) is 57.4 Å². The maximum Gasteiger partial charge on any atom is 0.283 e. The predicted octanol–water partition coefficient (Wildman–Crippen LogP) is 4.30. The van der Waals surface area contributed by atoms with E-state index in [-0.39, 0.29) is 11.4 Å². The number of amides is 1. The lowest BCUT2D eigenvalue weighted by molar-refractivity contribution is -0.114. The number of hydrazone groups is 1. The third kappa shape index (κ3) is 2.93. The lowest BCUT2D eigenvalue weighted by Gasteiger charge is -2.20. The highest BCUT2D eigenvalue weighted by atomic mass is 35.5. The number of hydrogen-bond acceptors (Lipinski definition) is 4. The average molecular weight is 398 g/mol. The number of aliphatic imine (C=N–C) groups is 1. The second kappa shape index (κ2) is 6.51. The fourth-order valence-corrected chi connectivity index (χ4v) is 4.00. The fourth-order valence-electron chi connectivity index (χ4n) is 3.22. The van der Waals surface area contributed by atoms with Crippen LogP contribution in [0, 0.1) is 26.2 Å². The van der Waals surface area contributed by atoms with Crippen molar-refractivity contribution in [3.8, 4) is 5.69 Å². The van der Waals surface area contributed by atoms with Crippen LogP contribution in [-0.4, -0.2) is 32.0 Å². The van der Waals surface area contributed by atoms with Crippen molar-refractivity contribution in [2.45, 2.75) is 20.8 Å². The molecule has 0 spiro atoms. The van der Waals surface area contributed by atoms with Gasteiger partial charge < -0.3 is 4.57 Å². The van der Waals surface area contributed by atoms with Crippen molar-refractivity contribution in [1.82, 2.24) is 9.58 Å². The molecule has 8 heteroatoms. The van der Waals surface area contributed by atoms with Crippen LogP contribution in [0.25, 0.3) is 11.8 Å². The van der Waals surface area contributed by atoms with E-state index in [1.807, 2.05) is 45.0 Å². The van der Waals surface area contributed by atoms with Gasteiger partial charge in [0, 0.05) is 22.1 Å². The molecule has 0 saturated heterocycles. The minimum atomic E-state index is -0.423. The van der Waals surface area contributed by atoms with Crippen LogP contribution in [-0.2, 0) is 4.79 Å². The van der Waals surface area contributed by atoms with Gasteiger partial charge in [0.2, 0.25) is 0 Å². The molecule has 6 nitrogen and oxygen atoms in total. The summed E-state index contributed by atoms with van der Waals surface area (Å²) in [5.74, 6) is -0.386. The summed E-state index contributed by atoms with van der Waals surface area (Å²) in [6.45, 7) is 6.01. The van der Waals surface area contributed by atoms with E-state index in [4.69, 9.17) is 17.0 Å². The highest BCUT2D eigenvalue weighted by Crippen LogP contribution is 2.29. The lowest BCUT2D eigenvalue weighted by Crippen LogP contribution is -2.35. The molecular weight excluding hydrogens is 382 g/mol. The van der Waals surface area contributed by atoms with Gasteiger partial charge in [-0.15, -0.1) is 0 Å². The van der Waals surface area contributed by atoms with E-state index in [2.05, 4.69) is 14.7 Å². The molecule has 2 aliphatic heterocycles. The molecule has 136 valence electrons. The number of aromatic nitrogens is 1. The molecule has 1 N–H and O–H groups in total. The number of thioether (sulfide) groups is 1. The van der Waals surface area contributed by atoms with Crippen LogP contribution in [0.3, 0.4) is 0 Å². The second-order valence-electron chi connectivity index (χ2n) is 6.35. The SMILES string of the molecule is Cc1ccc(Cl)cc1-n1c(C)cc(C=C2C(=N)N3N=CSC3=NC2=O)c1C. The van der Waals surface area contributed by atoms with Crippen LogP contribution >= 0.6 is 23.4 Å². The first kappa shape index (κ1) is 17.8. The average Bonchev–Trinajstić information content (AvgIpc) is 3.19. The topological polar surface area (TPSA) is 73.8 Å². The van der Waals surface area contributed by atoms with E-state index in [9.17, 15) is 4.79 Å². The van der Waals surface area contributed by atoms with E-state index in [1.165, 1.54) is 16.8 Å². The number of nitrogens with zero attached hydrogens (tertiary/aromatic N) is 4. The number of aryl methyl sites for hydroxylation is 2. The Morgan fingerprint density at radius 2 is 2.00 bits per heavy atom. The van der Waals surface area contributed by atoms with E-state index in [1.54, 1.807) is 11.6 Å². The van der Waals surface area contributed by atoms with Gasteiger partial charge in [-0.05, 0) is 67.9 Å². The van der Waals surface area contributed by atoms with Gasteiger partial charge in [0.15, 0.2) is 11.0 Å². The molecule has 3 heterocycles. The summed E-state index contributed by atoms with van der Waals surface area (Å²) >= 11 is 7.42. The predicted molar refractivity (Wildman–Crippen MR) is 111 cm³/mol. The molecule has 1 amide bonds. The summed E-state index contributed by atoms with van der Waals surface area (Å²) in [5.41, 5.74) is 6.71. The zero-order valence-electron chi connectivity index (χ0n) is 14.9. The summed E-state index contributed by atoms with van der Waals surface area (Å²) in [7, 11) is 0. The van der Waals surface area contributed by atoms with Gasteiger partial charge in [-0.25, -0.2) is 0 Å². The molecule has 0 bridgehead atoms. The van der Waals surface area contributed by atoms with Crippen LogP contribution in [0.2, 0.25) is 5.02 Å². The Bertz CT molecular complexity index is 1100. The highest BCUT2D eigenvalue weighted by molar-refractivity contribution is 8.25. The third-order valence-corrected chi connectivity index (χ3v) is 5.49. The number of halogens is 1. The number of benzene rings is 1. The van der Waals surface area contributed by atoms with E-state index < -0.39 is 5.91 Å². The smallest absolute Gasteiger partial charge is 0.283 e. The molecule has 2 aromatic rings. The molecule has 0 fully saturated rings. The quantitative estimate of drug-likeness (QED) is 0.767. The molecule has 0 aliphatic carbocycles. The number of rotatable bonds is 2. The van der Waals surface area contributed by atoms with Crippen LogP contribution in [0.4, 0.5) is 0 Å². The fraction of sp³-hybridized carbons (Fsp3) is 0.158. The summed E-state index contributed by atoms with van der Waals surface area (Å²) in [5, 5.41) is 14.9. The Balaban J connectivity index is 1.82. The summed E-state index contributed by atoms with van der Waals surface area (Å²) in [6, 6.07) is 7.76. The van der Waals surface area contributed by atoms with Crippen molar-refractivity contribution in [3.63, 3.8) is 0 Å². The van der Waals surface area contributed by atoms with Crippen LogP contribution in [0.1, 0.15) is 22.5 Å². The molecule has 27 heavy (non-hydrogen) atoms. The van der Waals surface area contributed by atoms with Crippen molar-refractivity contribution in [2.24, 2.45) is 10.1 Å². The van der Waals surface area contributed by atoms with Crippen LogP contribution < -0.4 is 0 Å². The number of amidine groups is 2. The second-order valence-corrected chi connectivity index (χ2v) is 7.60. The Kier molecular flexibility index (Phi) is 4.28. The van der Waals surface area contributed by atoms with Crippen LogP contribution in [0.15, 0.2) is 39.9 Å². The summed E-state index contributed by atoms with van der Waals surface area (Å²) < 4.78 is 2.10. The Labute approximate surface area is 165 Å². The van der Waals surface area contributed by atoms with Crippen molar-refractivity contribution in [2.75, 3.05) is 0 Å². The van der Waals surface area contributed by atoms with Gasteiger partial charge in [0.25, 0.3) is 5.91 Å². The molecule has 1 aromatic heterocycles. The lowest BCUT2D eigenvalue weighted by atomic mass is 10.1. The van der Waals surface area contributed by atoms with Crippen molar-refractivity contribution >= 4 is 51.9 Å². The Hall–Kier alpha value is -2.64. The molecule has 4 rings (SSSR count). The van der Waals surface area contributed by atoms with Gasteiger partial charge in [0.1, 0.15) is 0 Å². The van der Waals surface area contributed by atoms with E-state index in [0.29, 0.717) is 10.2 Å². The van der Waals surface area contributed by atoms with Gasteiger partial charge in [-0.1, -0.05) is 17.7 Å². The molecule has 2 aliphatic rings. The molecule has 0 atom stereocenters. The van der Waals surface area contributed by atoms with E-state index in [0.717, 1.165) is 28.2 Å². The Morgan fingerprint density at radius 3 is 2.78 bits per heavy atom. The first-order chi connectivity index (χ1) is 12.9. The number of hydrogen-bond donors (Lipinski definition) is 1. The van der Waals surface area contributed by atoms with Gasteiger partial charge in [-0.3, -0.25) is 10.2 Å². The minimum Gasteiger partial charge on any atom is -0.318 e. The first-order valence-corrected chi connectivity index (χ1v) is 9.51. The molecule has 0 unspecified atom stereocenters. The summed E-state index contributed by atoms with van der Waals surface area (Å²) in [6.07, 6.45) is 1.71. The monoisotopic (exact) mass is 397 g/mol. The highest BCUT2D eigenvalue weighted by Gasteiger charge is 2.32. The zero-order valence-corrected chi connectivity index (χ0v) is 16.5. The molecule has 0 saturated carbocycles. The standard InChI is InChI=1S/C19H16ClN5OS/c1-10-4-5-14(20)8-16(10)24-11(2)6-13(12(24)3)7-15-17(21)25-19(23-18(15)26)27-9-22-25/h4-9,21H,1-3H3. The minimum absolute atomic E-state index is 0.0370. The third-order valence-electron chi connectivity index (χ3n) is 4.58. The molecular formula is C19H16ClN5OS. The zero-order chi connectivity index (χ0) is 19.3. The number of carbonyl (C=O) groups excluding carboxylic acids is 1. The number of carbonyl (C=O) groups is 1. The van der Waals surface area contributed by atoms with Gasteiger partial charge >= 0.3 is 0 Å². The number of nitrogens with one attached hydrogen (secondary N) is 1. The van der Waals surface area contributed by atoms with Crippen molar-refractivity contribution in [1.29, 1.82) is 5.41 Å². The largest absolute Gasteiger partial charge is 0.318 e. The van der Waals surface area contributed by atoms with E-state index >= 15 is 0 Å².